The SMILES string of the molecule is CCCCC1(Cl)c2ccccc2-c2c(-c3ccccc3)nc3ccccc3c21. The van der Waals surface area contributed by atoms with Gasteiger partial charge in [0.1, 0.15) is 0 Å². The second-order valence-electron chi connectivity index (χ2n) is 7.54. The molecule has 0 radical (unpaired) electrons. The molecule has 0 aliphatic heterocycles. The fourth-order valence-electron chi connectivity index (χ4n) is 4.55. The van der Waals surface area contributed by atoms with Crippen molar-refractivity contribution >= 4 is 22.5 Å². The highest BCUT2D eigenvalue weighted by Gasteiger charge is 2.44. The van der Waals surface area contributed by atoms with E-state index in [0.717, 1.165) is 36.0 Å². The maximum atomic E-state index is 7.52. The number of aromatic nitrogens is 1. The van der Waals surface area contributed by atoms with Crippen LogP contribution < -0.4 is 0 Å². The number of unbranched alkanes of at least 4 members (excludes halogenated alkanes) is 1. The Morgan fingerprint density at radius 3 is 2.39 bits per heavy atom. The summed E-state index contributed by atoms with van der Waals surface area (Å²) in [4.78, 5) is 4.60. The number of pyridine rings is 1. The van der Waals surface area contributed by atoms with Gasteiger partial charge in [0.25, 0.3) is 0 Å². The minimum atomic E-state index is -0.506. The lowest BCUT2D eigenvalue weighted by molar-refractivity contribution is 0.612. The average molecular weight is 384 g/mol. The molecule has 0 saturated carbocycles. The highest BCUT2D eigenvalue weighted by atomic mass is 35.5. The molecule has 1 heterocycles. The predicted octanol–water partition coefficient (Wildman–Crippen LogP) is 7.55. The van der Waals surface area contributed by atoms with Crippen LogP contribution in [0.5, 0.6) is 0 Å². The number of halogens is 1. The van der Waals surface area contributed by atoms with Crippen molar-refractivity contribution in [1.82, 2.24) is 4.98 Å². The third-order valence-corrected chi connectivity index (χ3v) is 6.42. The Morgan fingerprint density at radius 1 is 0.857 bits per heavy atom. The number of alkyl halides is 1. The molecular weight excluding hydrogens is 362 g/mol. The van der Waals surface area contributed by atoms with Crippen LogP contribution in [-0.2, 0) is 4.87 Å². The van der Waals surface area contributed by atoms with E-state index in [-0.39, 0.29) is 0 Å². The van der Waals surface area contributed by atoms with Crippen LogP contribution in [0.4, 0.5) is 0 Å². The molecule has 1 aliphatic carbocycles. The van der Waals surface area contributed by atoms with E-state index in [9.17, 15) is 0 Å². The molecule has 1 aliphatic rings. The Hall–Kier alpha value is -2.64. The average Bonchev–Trinajstić information content (AvgIpc) is 3.02. The van der Waals surface area contributed by atoms with Crippen molar-refractivity contribution in [3.63, 3.8) is 0 Å². The summed E-state index contributed by atoms with van der Waals surface area (Å²) in [6.07, 6.45) is 3.15. The molecule has 138 valence electrons. The maximum Gasteiger partial charge on any atom is 0.0963 e. The van der Waals surface area contributed by atoms with Crippen molar-refractivity contribution < 1.29 is 0 Å². The lowest BCUT2D eigenvalue weighted by atomic mass is 9.88. The summed E-state index contributed by atoms with van der Waals surface area (Å²) in [5, 5.41) is 1.17. The molecule has 0 N–H and O–H groups in total. The molecule has 0 bridgehead atoms. The number of para-hydroxylation sites is 1. The van der Waals surface area contributed by atoms with Crippen molar-refractivity contribution in [2.24, 2.45) is 0 Å². The Bertz CT molecular complexity index is 1170. The first-order chi connectivity index (χ1) is 13.7. The molecule has 1 aromatic heterocycles. The van der Waals surface area contributed by atoms with Gasteiger partial charge in [-0.05, 0) is 29.2 Å². The summed E-state index contributed by atoms with van der Waals surface area (Å²) in [7, 11) is 0. The van der Waals surface area contributed by atoms with E-state index in [2.05, 4.69) is 79.7 Å². The number of fused-ring (bicyclic) bond motifs is 5. The summed E-state index contributed by atoms with van der Waals surface area (Å²) < 4.78 is 0. The van der Waals surface area contributed by atoms with Gasteiger partial charge in [-0.15, -0.1) is 11.6 Å². The van der Waals surface area contributed by atoms with E-state index in [1.54, 1.807) is 0 Å². The molecule has 1 atom stereocenters. The van der Waals surface area contributed by atoms with E-state index < -0.39 is 4.87 Å². The first-order valence-corrected chi connectivity index (χ1v) is 10.4. The van der Waals surface area contributed by atoms with Gasteiger partial charge in [-0.1, -0.05) is 92.6 Å². The minimum absolute atomic E-state index is 0.506. The van der Waals surface area contributed by atoms with Gasteiger partial charge < -0.3 is 0 Å². The molecule has 1 unspecified atom stereocenters. The van der Waals surface area contributed by atoms with Gasteiger partial charge in [-0.2, -0.15) is 0 Å². The van der Waals surface area contributed by atoms with Crippen molar-refractivity contribution in [3.8, 4) is 22.4 Å². The van der Waals surface area contributed by atoms with Crippen molar-refractivity contribution in [2.75, 3.05) is 0 Å². The lowest BCUT2D eigenvalue weighted by Gasteiger charge is -2.26. The fourth-order valence-corrected chi connectivity index (χ4v) is 5.05. The van der Waals surface area contributed by atoms with Gasteiger partial charge in [0, 0.05) is 16.5 Å². The van der Waals surface area contributed by atoms with Crippen LogP contribution in [0.1, 0.15) is 37.3 Å². The minimum Gasteiger partial charge on any atom is -0.247 e. The molecule has 5 rings (SSSR count). The van der Waals surface area contributed by atoms with Crippen LogP contribution in [-0.4, -0.2) is 4.98 Å². The van der Waals surface area contributed by atoms with Gasteiger partial charge >= 0.3 is 0 Å². The van der Waals surface area contributed by atoms with Crippen LogP contribution in [0, 0.1) is 0 Å². The first kappa shape index (κ1) is 17.5. The van der Waals surface area contributed by atoms with Gasteiger partial charge in [0.05, 0.1) is 16.1 Å². The second-order valence-corrected chi connectivity index (χ2v) is 8.19. The van der Waals surface area contributed by atoms with Crippen LogP contribution in [0.3, 0.4) is 0 Å². The molecule has 0 amide bonds. The zero-order valence-corrected chi connectivity index (χ0v) is 16.7. The zero-order valence-electron chi connectivity index (χ0n) is 16.0. The number of benzene rings is 3. The highest BCUT2D eigenvalue weighted by molar-refractivity contribution is 6.30. The largest absolute Gasteiger partial charge is 0.247 e. The van der Waals surface area contributed by atoms with Crippen molar-refractivity contribution in [3.05, 3.63) is 90.0 Å². The molecule has 2 heteroatoms. The zero-order chi connectivity index (χ0) is 19.1. The van der Waals surface area contributed by atoms with Crippen LogP contribution >= 0.6 is 11.6 Å². The van der Waals surface area contributed by atoms with E-state index in [1.165, 1.54) is 27.6 Å². The van der Waals surface area contributed by atoms with Gasteiger partial charge in [-0.25, -0.2) is 4.98 Å². The van der Waals surface area contributed by atoms with Gasteiger partial charge in [-0.3, -0.25) is 0 Å². The Kier molecular flexibility index (Phi) is 4.21. The third kappa shape index (κ3) is 2.50. The quantitative estimate of drug-likeness (QED) is 0.331. The summed E-state index contributed by atoms with van der Waals surface area (Å²) in [5.74, 6) is 0. The molecule has 1 nitrogen and oxygen atoms in total. The monoisotopic (exact) mass is 383 g/mol. The van der Waals surface area contributed by atoms with Gasteiger partial charge in [0.2, 0.25) is 0 Å². The standard InChI is InChI=1S/C26H22ClN/c1-2-3-17-26(27)21-15-9-7-13-19(21)23-24(26)20-14-8-10-16-22(20)28-25(23)18-11-5-4-6-12-18/h4-16H,2-3,17H2,1H3. The molecule has 28 heavy (non-hydrogen) atoms. The fraction of sp³-hybridized carbons (Fsp3) is 0.192. The van der Waals surface area contributed by atoms with Crippen molar-refractivity contribution in [1.29, 1.82) is 0 Å². The second kappa shape index (κ2) is 6.76. The first-order valence-electron chi connectivity index (χ1n) is 10.0. The lowest BCUT2D eigenvalue weighted by Crippen LogP contribution is -2.18. The predicted molar refractivity (Wildman–Crippen MR) is 119 cm³/mol. The molecule has 0 spiro atoms. The van der Waals surface area contributed by atoms with E-state index in [0.29, 0.717) is 0 Å². The normalized spacial score (nSPS) is 17.5. The van der Waals surface area contributed by atoms with Gasteiger partial charge in [0.15, 0.2) is 0 Å². The topological polar surface area (TPSA) is 12.9 Å². The Labute approximate surface area is 171 Å². The molecule has 0 saturated heterocycles. The number of rotatable bonds is 4. The molecule has 3 aromatic carbocycles. The van der Waals surface area contributed by atoms with E-state index in [4.69, 9.17) is 16.6 Å². The molecular formula is C26H22ClN. The molecule has 4 aromatic rings. The summed E-state index contributed by atoms with van der Waals surface area (Å²) >= 11 is 7.52. The van der Waals surface area contributed by atoms with Crippen LogP contribution in [0.25, 0.3) is 33.3 Å². The maximum absolute atomic E-state index is 7.52. The molecule has 0 fully saturated rings. The van der Waals surface area contributed by atoms with Crippen LogP contribution in [0.2, 0.25) is 0 Å². The number of nitrogens with zero attached hydrogens (tertiary/aromatic N) is 1. The number of hydrogen-bond donors (Lipinski definition) is 0. The highest BCUT2D eigenvalue weighted by Crippen LogP contribution is 2.58. The summed E-state index contributed by atoms with van der Waals surface area (Å²) in [6.45, 7) is 2.22. The van der Waals surface area contributed by atoms with E-state index >= 15 is 0 Å². The summed E-state index contributed by atoms with van der Waals surface area (Å²) in [6, 6.07) is 27.5. The number of hydrogen-bond acceptors (Lipinski definition) is 1. The smallest absolute Gasteiger partial charge is 0.0963 e. The third-order valence-electron chi connectivity index (χ3n) is 5.83. The Balaban J connectivity index is 1.93. The van der Waals surface area contributed by atoms with Crippen molar-refractivity contribution in [2.45, 2.75) is 31.1 Å². The Morgan fingerprint density at radius 2 is 1.57 bits per heavy atom. The van der Waals surface area contributed by atoms with Crippen LogP contribution in [0.15, 0.2) is 78.9 Å². The summed E-state index contributed by atoms with van der Waals surface area (Å²) in [5.41, 5.74) is 8.04. The van der Waals surface area contributed by atoms with E-state index in [1.807, 2.05) is 6.07 Å².